The van der Waals surface area contributed by atoms with E-state index in [1.165, 1.54) is 0 Å². The van der Waals surface area contributed by atoms with Crippen LogP contribution in [-0.4, -0.2) is 16.5 Å². The lowest BCUT2D eigenvalue weighted by Gasteiger charge is -2.13. The van der Waals surface area contributed by atoms with E-state index in [1.54, 1.807) is 6.26 Å². The number of hydrogen-bond donors (Lipinski definition) is 0. The standard InChI is InChI=1S/C9H11INO2P/c10-8-5-13-11-9(8)14(12,6-1-2-6)7-3-4-7/h5-7H,1-4H2. The van der Waals surface area contributed by atoms with E-state index in [2.05, 4.69) is 27.7 Å². The molecule has 2 aliphatic carbocycles. The van der Waals surface area contributed by atoms with Crippen LogP contribution < -0.4 is 5.44 Å². The Bertz CT molecular complexity index is 393. The molecule has 76 valence electrons. The molecule has 3 nitrogen and oxygen atoms in total. The van der Waals surface area contributed by atoms with Crippen molar-refractivity contribution in [1.82, 2.24) is 5.16 Å². The molecule has 0 unspecified atom stereocenters. The zero-order valence-electron chi connectivity index (χ0n) is 7.65. The van der Waals surface area contributed by atoms with Gasteiger partial charge < -0.3 is 9.09 Å². The van der Waals surface area contributed by atoms with Gasteiger partial charge in [-0.2, -0.15) is 0 Å². The number of rotatable bonds is 3. The fourth-order valence-electron chi connectivity index (χ4n) is 2.01. The van der Waals surface area contributed by atoms with Gasteiger partial charge in [0, 0.05) is 11.3 Å². The fraction of sp³-hybridized carbons (Fsp3) is 0.667. The molecule has 1 heterocycles. The highest BCUT2D eigenvalue weighted by atomic mass is 127. The minimum absolute atomic E-state index is 0.425. The molecule has 0 amide bonds. The smallest absolute Gasteiger partial charge is 0.157 e. The summed E-state index contributed by atoms with van der Waals surface area (Å²) in [7, 11) is -2.20. The zero-order chi connectivity index (χ0) is 9.76. The Labute approximate surface area is 96.1 Å². The first-order chi connectivity index (χ1) is 6.73. The summed E-state index contributed by atoms with van der Waals surface area (Å²) in [6.45, 7) is 0. The Kier molecular flexibility index (Phi) is 2.07. The van der Waals surface area contributed by atoms with Gasteiger partial charge in [-0.05, 0) is 48.3 Å². The van der Waals surface area contributed by atoms with Crippen molar-refractivity contribution in [2.24, 2.45) is 0 Å². The van der Waals surface area contributed by atoms with Crippen molar-refractivity contribution in [2.75, 3.05) is 0 Å². The highest BCUT2D eigenvalue weighted by Gasteiger charge is 2.54. The summed E-state index contributed by atoms with van der Waals surface area (Å²) in [5, 5.41) is 3.96. The van der Waals surface area contributed by atoms with Gasteiger partial charge in [0.05, 0.1) is 3.57 Å². The summed E-state index contributed by atoms with van der Waals surface area (Å²) < 4.78 is 18.8. The molecular weight excluding hydrogens is 312 g/mol. The molecule has 2 fully saturated rings. The summed E-state index contributed by atoms with van der Waals surface area (Å²) in [6, 6.07) is 0. The van der Waals surface area contributed by atoms with Crippen LogP contribution in [0.25, 0.3) is 0 Å². The second-order valence-corrected chi connectivity index (χ2v) is 8.62. The summed E-state index contributed by atoms with van der Waals surface area (Å²) in [5.74, 6) is 0. The van der Waals surface area contributed by atoms with E-state index in [9.17, 15) is 4.57 Å². The average molecular weight is 323 g/mol. The lowest BCUT2D eigenvalue weighted by atomic mass is 10.8. The molecular formula is C9H11INO2P. The molecule has 0 saturated heterocycles. The SMILES string of the molecule is O=P(c1nocc1I)(C1CC1)C1CC1. The first-order valence-corrected chi connectivity index (χ1v) is 7.85. The number of hydrogen-bond acceptors (Lipinski definition) is 3. The second kappa shape index (κ2) is 3.08. The first-order valence-electron chi connectivity index (χ1n) is 4.93. The predicted octanol–water partition coefficient (Wildman–Crippen LogP) is 2.59. The minimum atomic E-state index is -2.20. The molecule has 0 bridgehead atoms. The van der Waals surface area contributed by atoms with Crippen molar-refractivity contribution < 1.29 is 9.09 Å². The molecule has 0 aliphatic heterocycles. The number of nitrogens with zero attached hydrogens (tertiary/aromatic N) is 1. The summed E-state index contributed by atoms with van der Waals surface area (Å²) in [6.07, 6.45) is 6.09. The third-order valence-electron chi connectivity index (χ3n) is 3.02. The van der Waals surface area contributed by atoms with Crippen molar-refractivity contribution in [1.29, 1.82) is 0 Å². The van der Waals surface area contributed by atoms with E-state index in [-0.39, 0.29) is 0 Å². The van der Waals surface area contributed by atoms with Gasteiger partial charge in [-0.1, -0.05) is 5.16 Å². The highest BCUT2D eigenvalue weighted by Crippen LogP contribution is 2.69. The van der Waals surface area contributed by atoms with Crippen LogP contribution in [0, 0.1) is 3.57 Å². The van der Waals surface area contributed by atoms with E-state index < -0.39 is 7.14 Å². The topological polar surface area (TPSA) is 43.1 Å². The van der Waals surface area contributed by atoms with Crippen molar-refractivity contribution >= 4 is 35.2 Å². The Morgan fingerprint density at radius 2 is 1.93 bits per heavy atom. The van der Waals surface area contributed by atoms with Crippen LogP contribution in [0.3, 0.4) is 0 Å². The maximum atomic E-state index is 12.9. The largest absolute Gasteiger partial charge is 0.363 e. The molecule has 0 radical (unpaired) electrons. The van der Waals surface area contributed by atoms with Crippen LogP contribution in [0.1, 0.15) is 25.7 Å². The van der Waals surface area contributed by atoms with Gasteiger partial charge in [0.15, 0.2) is 5.44 Å². The molecule has 0 aromatic carbocycles. The van der Waals surface area contributed by atoms with Gasteiger partial charge in [0.25, 0.3) is 0 Å². The Morgan fingerprint density at radius 1 is 1.36 bits per heavy atom. The lowest BCUT2D eigenvalue weighted by molar-refractivity contribution is 0.423. The Morgan fingerprint density at radius 3 is 2.29 bits per heavy atom. The van der Waals surface area contributed by atoms with Gasteiger partial charge >= 0.3 is 0 Å². The maximum Gasteiger partial charge on any atom is 0.157 e. The Balaban J connectivity index is 2.07. The summed E-state index contributed by atoms with van der Waals surface area (Å²) in [5.41, 5.74) is 1.63. The average Bonchev–Trinajstić information content (AvgIpc) is 3.00. The maximum absolute atomic E-state index is 12.9. The predicted molar refractivity (Wildman–Crippen MR) is 62.5 cm³/mol. The van der Waals surface area contributed by atoms with Crippen LogP contribution in [0.5, 0.6) is 0 Å². The van der Waals surface area contributed by atoms with Gasteiger partial charge in [0.2, 0.25) is 0 Å². The van der Waals surface area contributed by atoms with E-state index >= 15 is 0 Å². The lowest BCUT2D eigenvalue weighted by Crippen LogP contribution is -2.15. The Hall–Kier alpha value is 0.170. The molecule has 1 aromatic heterocycles. The number of aromatic nitrogens is 1. The summed E-state index contributed by atoms with van der Waals surface area (Å²) in [4.78, 5) is 0. The first kappa shape index (κ1) is 9.40. The molecule has 1 aromatic rings. The fourth-order valence-corrected chi connectivity index (χ4v) is 7.03. The van der Waals surface area contributed by atoms with E-state index in [1.807, 2.05) is 0 Å². The van der Waals surface area contributed by atoms with Crippen LogP contribution in [0.4, 0.5) is 0 Å². The molecule has 3 rings (SSSR count). The molecule has 2 aliphatic rings. The van der Waals surface area contributed by atoms with Crippen LogP contribution in [-0.2, 0) is 4.57 Å². The van der Waals surface area contributed by atoms with E-state index in [0.29, 0.717) is 11.3 Å². The van der Waals surface area contributed by atoms with Crippen molar-refractivity contribution in [3.8, 4) is 0 Å². The molecule has 2 saturated carbocycles. The molecule has 0 atom stereocenters. The van der Waals surface area contributed by atoms with Gasteiger partial charge in [-0.3, -0.25) is 0 Å². The molecule has 14 heavy (non-hydrogen) atoms. The monoisotopic (exact) mass is 323 g/mol. The highest BCUT2D eigenvalue weighted by molar-refractivity contribution is 14.1. The minimum Gasteiger partial charge on any atom is -0.363 e. The molecule has 0 N–H and O–H groups in total. The third-order valence-corrected chi connectivity index (χ3v) is 8.40. The molecule has 0 spiro atoms. The van der Waals surface area contributed by atoms with Crippen LogP contribution in [0.15, 0.2) is 10.8 Å². The normalized spacial score (nSPS) is 22.6. The number of halogens is 1. The van der Waals surface area contributed by atoms with Gasteiger partial charge in [-0.25, -0.2) is 0 Å². The van der Waals surface area contributed by atoms with Crippen LogP contribution >= 0.6 is 29.7 Å². The molecule has 5 heteroatoms. The zero-order valence-corrected chi connectivity index (χ0v) is 10.7. The quantitative estimate of drug-likeness (QED) is 0.634. The third kappa shape index (κ3) is 1.30. The second-order valence-electron chi connectivity index (χ2n) is 4.16. The summed E-state index contributed by atoms with van der Waals surface area (Å²) >= 11 is 2.17. The van der Waals surface area contributed by atoms with Crippen molar-refractivity contribution in [3.63, 3.8) is 0 Å². The van der Waals surface area contributed by atoms with E-state index in [0.717, 1.165) is 34.7 Å². The van der Waals surface area contributed by atoms with Gasteiger partial charge in [0.1, 0.15) is 13.4 Å². The van der Waals surface area contributed by atoms with Crippen molar-refractivity contribution in [2.45, 2.75) is 37.0 Å². The van der Waals surface area contributed by atoms with Gasteiger partial charge in [-0.15, -0.1) is 0 Å². The van der Waals surface area contributed by atoms with E-state index in [4.69, 9.17) is 4.52 Å². The van der Waals surface area contributed by atoms with Crippen molar-refractivity contribution in [3.05, 3.63) is 9.83 Å². The van der Waals surface area contributed by atoms with Crippen LogP contribution in [0.2, 0.25) is 0 Å².